The molecule has 1 atom stereocenters. The zero-order chi connectivity index (χ0) is 17.3. The molecule has 1 heterocycles. The first kappa shape index (κ1) is 16.0. The van der Waals surface area contributed by atoms with Gasteiger partial charge in [-0.3, -0.25) is 5.41 Å². The Hall–Kier alpha value is -2.83. The van der Waals surface area contributed by atoms with Gasteiger partial charge >= 0.3 is 0 Å². The lowest BCUT2D eigenvalue weighted by Crippen LogP contribution is -2.30. The van der Waals surface area contributed by atoms with Crippen LogP contribution in [0.5, 0.6) is 0 Å². The fourth-order valence-electron chi connectivity index (χ4n) is 3.21. The number of fused-ring (bicyclic) bond motifs is 1. The normalized spacial score (nSPS) is 18.3. The molecule has 2 aromatic rings. The molecule has 7 heteroatoms. The number of aryl methyl sites for hydroxylation is 2. The number of guanidine groups is 1. The maximum Gasteiger partial charge on any atom is 0.206 e. The highest BCUT2D eigenvalue weighted by Gasteiger charge is 2.29. The van der Waals surface area contributed by atoms with Crippen LogP contribution in [-0.2, 0) is 6.42 Å². The Bertz CT molecular complexity index is 830. The predicted octanol–water partition coefficient (Wildman–Crippen LogP) is 2.15. The van der Waals surface area contributed by atoms with E-state index >= 15 is 0 Å². The zero-order valence-corrected chi connectivity index (χ0v) is 13.6. The van der Waals surface area contributed by atoms with Gasteiger partial charge < -0.3 is 5.73 Å². The van der Waals surface area contributed by atoms with E-state index in [4.69, 9.17) is 11.1 Å². The van der Waals surface area contributed by atoms with Gasteiger partial charge in [0.25, 0.3) is 0 Å². The number of hydrogen-bond donors (Lipinski definition) is 3. The molecule has 24 heavy (non-hydrogen) atoms. The van der Waals surface area contributed by atoms with E-state index in [2.05, 4.69) is 20.7 Å². The highest BCUT2D eigenvalue weighted by Crippen LogP contribution is 2.34. The van der Waals surface area contributed by atoms with Crippen molar-refractivity contribution in [3.63, 3.8) is 0 Å². The van der Waals surface area contributed by atoms with E-state index in [1.165, 1.54) is 6.07 Å². The first-order valence-electron chi connectivity index (χ1n) is 7.70. The first-order chi connectivity index (χ1) is 11.5. The van der Waals surface area contributed by atoms with Gasteiger partial charge in [-0.2, -0.15) is 15.3 Å². The van der Waals surface area contributed by atoms with Gasteiger partial charge in [0, 0.05) is 5.56 Å². The van der Waals surface area contributed by atoms with Crippen LogP contribution in [-0.4, -0.2) is 21.9 Å². The van der Waals surface area contributed by atoms with Gasteiger partial charge in [-0.25, -0.2) is 9.82 Å². The molecule has 3 rings (SSSR count). The third kappa shape index (κ3) is 3.10. The van der Waals surface area contributed by atoms with Gasteiger partial charge in [-0.15, -0.1) is 0 Å². The number of nitrogens with zero attached hydrogens (tertiary/aromatic N) is 3. The van der Waals surface area contributed by atoms with E-state index in [-0.39, 0.29) is 17.7 Å². The molecule has 1 aromatic heterocycles. The maximum atomic E-state index is 13.7. The zero-order valence-electron chi connectivity index (χ0n) is 13.6. The lowest BCUT2D eigenvalue weighted by Gasteiger charge is -2.27. The van der Waals surface area contributed by atoms with Crippen LogP contribution in [0.1, 0.15) is 40.3 Å². The molecule has 1 unspecified atom stereocenters. The number of hydrogen-bond acceptors (Lipinski definition) is 4. The fraction of sp³-hybridized carbons (Fsp3) is 0.294. The average molecular weight is 326 g/mol. The summed E-state index contributed by atoms with van der Waals surface area (Å²) >= 11 is 0. The highest BCUT2D eigenvalue weighted by atomic mass is 19.1. The molecule has 0 spiro atoms. The Morgan fingerprint density at radius 3 is 2.88 bits per heavy atom. The van der Waals surface area contributed by atoms with Crippen LogP contribution in [0, 0.1) is 25.1 Å². The molecule has 1 aliphatic carbocycles. The molecular weight excluding hydrogens is 307 g/mol. The van der Waals surface area contributed by atoms with Gasteiger partial charge in [0.15, 0.2) is 0 Å². The summed E-state index contributed by atoms with van der Waals surface area (Å²) in [5.74, 6) is -0.429. The Labute approximate surface area is 139 Å². The van der Waals surface area contributed by atoms with Crippen LogP contribution in [0.25, 0.3) is 0 Å². The molecular formula is C17H19FN6. The Kier molecular flexibility index (Phi) is 4.24. The number of hydrazone groups is 1. The minimum atomic E-state index is -0.253. The molecule has 0 fully saturated rings. The van der Waals surface area contributed by atoms with Gasteiger partial charge in [-0.1, -0.05) is 6.07 Å². The third-order valence-electron chi connectivity index (χ3n) is 4.27. The van der Waals surface area contributed by atoms with Crippen molar-refractivity contribution in [2.45, 2.75) is 32.6 Å². The summed E-state index contributed by atoms with van der Waals surface area (Å²) in [6, 6.07) is 4.82. The van der Waals surface area contributed by atoms with Crippen molar-refractivity contribution in [1.82, 2.24) is 15.6 Å². The van der Waals surface area contributed by atoms with Crippen LogP contribution in [0.4, 0.5) is 4.39 Å². The summed E-state index contributed by atoms with van der Waals surface area (Å²) in [6.45, 7) is 3.92. The molecule has 0 saturated heterocycles. The predicted molar refractivity (Wildman–Crippen MR) is 90.6 cm³/mol. The third-order valence-corrected chi connectivity index (χ3v) is 4.27. The summed E-state index contributed by atoms with van der Waals surface area (Å²) in [7, 11) is 0. The second-order valence-electron chi connectivity index (χ2n) is 6.04. The largest absolute Gasteiger partial charge is 0.369 e. The highest BCUT2D eigenvalue weighted by molar-refractivity contribution is 6.04. The quantitative estimate of drug-likeness (QED) is 0.447. The van der Waals surface area contributed by atoms with Crippen molar-refractivity contribution < 1.29 is 4.39 Å². The molecule has 4 N–H and O–H groups in total. The molecule has 0 saturated carbocycles. The number of nitrogens with one attached hydrogen (secondary N) is 2. The maximum absolute atomic E-state index is 13.7. The minimum absolute atomic E-state index is 0.0526. The molecule has 0 amide bonds. The van der Waals surface area contributed by atoms with Crippen molar-refractivity contribution in [3.8, 4) is 0 Å². The van der Waals surface area contributed by atoms with Crippen LogP contribution in [0.2, 0.25) is 0 Å². The Morgan fingerprint density at radius 1 is 1.33 bits per heavy atom. The van der Waals surface area contributed by atoms with Gasteiger partial charge in [0.2, 0.25) is 5.96 Å². The molecule has 124 valence electrons. The van der Waals surface area contributed by atoms with Crippen LogP contribution >= 0.6 is 0 Å². The first-order valence-corrected chi connectivity index (χ1v) is 7.70. The topological polar surface area (TPSA) is 100 Å². The standard InChI is InChI=1S/C17H19FN6/c1-9-3-4-12(18)7-13(9)11-5-14-16(10(2)8-21-22-14)15(6-11)23-24-17(19)20/h3-4,7-8,11H,5-6H2,1-2H3,(H4,19,20,24). The number of rotatable bonds is 2. The smallest absolute Gasteiger partial charge is 0.206 e. The van der Waals surface area contributed by atoms with Crippen molar-refractivity contribution in [2.24, 2.45) is 10.8 Å². The number of aromatic nitrogens is 2. The van der Waals surface area contributed by atoms with Crippen LogP contribution in [0.3, 0.4) is 0 Å². The van der Waals surface area contributed by atoms with E-state index in [0.29, 0.717) is 12.8 Å². The molecule has 1 aliphatic rings. The number of benzene rings is 1. The van der Waals surface area contributed by atoms with E-state index < -0.39 is 0 Å². The molecule has 1 aromatic carbocycles. The molecule has 0 bridgehead atoms. The Balaban J connectivity index is 2.06. The van der Waals surface area contributed by atoms with Gasteiger partial charge in [0.1, 0.15) is 5.82 Å². The molecule has 6 nitrogen and oxygen atoms in total. The Morgan fingerprint density at radius 2 is 2.12 bits per heavy atom. The summed E-state index contributed by atoms with van der Waals surface area (Å²) in [5.41, 5.74) is 13.3. The molecule has 0 radical (unpaired) electrons. The fourth-order valence-corrected chi connectivity index (χ4v) is 3.21. The van der Waals surface area contributed by atoms with Crippen molar-refractivity contribution in [1.29, 1.82) is 5.41 Å². The lowest BCUT2D eigenvalue weighted by atomic mass is 9.79. The number of halogens is 1. The second-order valence-corrected chi connectivity index (χ2v) is 6.04. The summed E-state index contributed by atoms with van der Waals surface area (Å²) in [5, 5.41) is 19.9. The SMILES string of the molecule is Cc1ccc(F)cc1C1CC(=NNC(=N)N)c2c(C)cnnc2C1. The van der Waals surface area contributed by atoms with E-state index in [0.717, 1.165) is 33.7 Å². The minimum Gasteiger partial charge on any atom is -0.369 e. The van der Waals surface area contributed by atoms with Crippen LogP contribution in [0.15, 0.2) is 29.5 Å². The average Bonchev–Trinajstić information content (AvgIpc) is 2.54. The monoisotopic (exact) mass is 326 g/mol. The molecule has 0 aliphatic heterocycles. The number of nitrogens with two attached hydrogens (primary N) is 1. The lowest BCUT2D eigenvalue weighted by molar-refractivity contribution is 0.610. The van der Waals surface area contributed by atoms with Crippen molar-refractivity contribution >= 4 is 11.7 Å². The van der Waals surface area contributed by atoms with Crippen LogP contribution < -0.4 is 11.2 Å². The summed E-state index contributed by atoms with van der Waals surface area (Å²) in [4.78, 5) is 0. The second kappa shape index (κ2) is 6.35. The summed E-state index contributed by atoms with van der Waals surface area (Å²) in [6.07, 6.45) is 2.98. The van der Waals surface area contributed by atoms with Crippen molar-refractivity contribution in [3.05, 3.63) is 58.2 Å². The van der Waals surface area contributed by atoms with E-state index in [1.54, 1.807) is 18.3 Å². The van der Waals surface area contributed by atoms with Gasteiger partial charge in [0.05, 0.1) is 17.6 Å². The van der Waals surface area contributed by atoms with Gasteiger partial charge in [-0.05, 0) is 61.4 Å². The van der Waals surface area contributed by atoms with E-state index in [9.17, 15) is 4.39 Å². The summed E-state index contributed by atoms with van der Waals surface area (Å²) < 4.78 is 13.7. The van der Waals surface area contributed by atoms with Crippen molar-refractivity contribution in [2.75, 3.05) is 0 Å². The van der Waals surface area contributed by atoms with E-state index in [1.807, 2.05) is 13.8 Å².